The number of aliphatic hydroxyl groups is 1. The smallest absolute Gasteiger partial charge is 0.302 e. The number of aliphatic hydroxyl groups excluding tert-OH is 1. The van der Waals surface area contributed by atoms with Crippen molar-refractivity contribution < 1.29 is 28.6 Å². The summed E-state index contributed by atoms with van der Waals surface area (Å²) in [5.41, 5.74) is 0.876. The third kappa shape index (κ3) is 3.93. The lowest BCUT2D eigenvalue weighted by Gasteiger charge is -2.21. The molecule has 9 heteroatoms. The van der Waals surface area contributed by atoms with Crippen molar-refractivity contribution in [3.05, 3.63) is 77.8 Å². The lowest BCUT2D eigenvalue weighted by Crippen LogP contribution is -2.29. The Labute approximate surface area is 205 Å². The van der Waals surface area contributed by atoms with Crippen LogP contribution in [0, 0.1) is 0 Å². The minimum absolute atomic E-state index is 0.102. The monoisotopic (exact) mass is 490 g/mol. The summed E-state index contributed by atoms with van der Waals surface area (Å²) in [5.74, 6) is -0.769. The second-order valence-electron chi connectivity index (χ2n) is 7.67. The van der Waals surface area contributed by atoms with Crippen LogP contribution in [-0.4, -0.2) is 35.0 Å². The molecule has 0 radical (unpaired) electrons. The zero-order valence-electron chi connectivity index (χ0n) is 19.1. The molecule has 1 N–H and O–H groups in total. The predicted octanol–water partition coefficient (Wildman–Crippen LogP) is 5.31. The van der Waals surface area contributed by atoms with Gasteiger partial charge in [-0.3, -0.25) is 14.5 Å². The van der Waals surface area contributed by atoms with Crippen molar-refractivity contribution >= 4 is 44.1 Å². The molecule has 1 atom stereocenters. The van der Waals surface area contributed by atoms with Gasteiger partial charge >= 0.3 is 5.91 Å². The van der Waals surface area contributed by atoms with Crippen molar-refractivity contribution in [2.24, 2.45) is 0 Å². The van der Waals surface area contributed by atoms with Crippen molar-refractivity contribution in [3.8, 4) is 11.5 Å². The maximum absolute atomic E-state index is 13.3. The number of ether oxygens (including phenoxy) is 2. The topological polar surface area (TPSA) is 102 Å². The number of carbonyl (C=O) groups excluding carboxylic acids is 2. The van der Waals surface area contributed by atoms with Gasteiger partial charge in [0.1, 0.15) is 29.1 Å². The van der Waals surface area contributed by atoms with Crippen molar-refractivity contribution in [2.45, 2.75) is 19.9 Å². The first-order chi connectivity index (χ1) is 17.0. The fraction of sp³-hybridized carbons (Fsp3) is 0.192. The van der Waals surface area contributed by atoms with Gasteiger partial charge in [-0.25, -0.2) is 4.98 Å². The molecular weight excluding hydrogens is 468 g/mol. The predicted molar refractivity (Wildman–Crippen MR) is 132 cm³/mol. The van der Waals surface area contributed by atoms with Crippen LogP contribution in [0.4, 0.5) is 5.13 Å². The van der Waals surface area contributed by atoms with Crippen molar-refractivity contribution in [2.75, 3.05) is 18.1 Å². The average molecular weight is 491 g/mol. The molecule has 1 amide bonds. The number of furan rings is 1. The van der Waals surface area contributed by atoms with Crippen LogP contribution in [-0.2, 0) is 9.59 Å². The summed E-state index contributed by atoms with van der Waals surface area (Å²) in [7, 11) is 0. The molecule has 0 saturated carbocycles. The van der Waals surface area contributed by atoms with Gasteiger partial charge in [0, 0.05) is 6.07 Å². The van der Waals surface area contributed by atoms with Gasteiger partial charge in [-0.15, -0.1) is 0 Å². The fourth-order valence-electron chi connectivity index (χ4n) is 4.08. The highest BCUT2D eigenvalue weighted by Crippen LogP contribution is 2.45. The quantitative estimate of drug-likeness (QED) is 0.213. The van der Waals surface area contributed by atoms with Gasteiger partial charge in [-0.05, 0) is 50.2 Å². The number of ketones is 1. The Balaban J connectivity index is 1.69. The normalized spacial score (nSPS) is 17.3. The van der Waals surface area contributed by atoms with E-state index in [0.29, 0.717) is 41.1 Å². The van der Waals surface area contributed by atoms with E-state index in [2.05, 4.69) is 4.98 Å². The van der Waals surface area contributed by atoms with E-state index in [-0.39, 0.29) is 16.9 Å². The van der Waals surface area contributed by atoms with Gasteiger partial charge in [-0.2, -0.15) is 0 Å². The number of rotatable bonds is 7. The van der Waals surface area contributed by atoms with Gasteiger partial charge in [-0.1, -0.05) is 23.5 Å². The molecule has 0 bridgehead atoms. The van der Waals surface area contributed by atoms with E-state index in [1.165, 1.54) is 22.5 Å². The minimum atomic E-state index is -0.994. The minimum Gasteiger partial charge on any atom is -0.507 e. The fourth-order valence-corrected chi connectivity index (χ4v) is 5.08. The second-order valence-corrected chi connectivity index (χ2v) is 8.68. The van der Waals surface area contributed by atoms with Crippen LogP contribution in [0.2, 0.25) is 0 Å². The Morgan fingerprint density at radius 1 is 1.09 bits per heavy atom. The molecule has 4 aromatic rings. The van der Waals surface area contributed by atoms with Crippen LogP contribution >= 0.6 is 11.3 Å². The van der Waals surface area contributed by atoms with E-state index < -0.39 is 17.7 Å². The third-order valence-electron chi connectivity index (χ3n) is 5.56. The summed E-state index contributed by atoms with van der Waals surface area (Å²) in [6, 6.07) is 14.7. The van der Waals surface area contributed by atoms with Crippen molar-refractivity contribution in [1.29, 1.82) is 0 Å². The first kappa shape index (κ1) is 22.7. The largest absolute Gasteiger partial charge is 0.507 e. The zero-order chi connectivity index (χ0) is 24.5. The number of para-hydroxylation sites is 1. The summed E-state index contributed by atoms with van der Waals surface area (Å²) in [6.45, 7) is 4.47. The van der Waals surface area contributed by atoms with Crippen LogP contribution in [0.25, 0.3) is 16.0 Å². The van der Waals surface area contributed by atoms with E-state index in [1.54, 1.807) is 30.3 Å². The molecule has 1 aliphatic rings. The summed E-state index contributed by atoms with van der Waals surface area (Å²) in [4.78, 5) is 32.5. The number of amides is 1. The number of aromatic nitrogens is 1. The highest BCUT2D eigenvalue weighted by Gasteiger charge is 2.49. The number of thiazole rings is 1. The van der Waals surface area contributed by atoms with E-state index in [9.17, 15) is 14.7 Å². The summed E-state index contributed by atoms with van der Waals surface area (Å²) in [6.07, 6.45) is 1.45. The molecule has 0 aliphatic carbocycles. The molecule has 35 heavy (non-hydrogen) atoms. The van der Waals surface area contributed by atoms with Gasteiger partial charge < -0.3 is 19.0 Å². The van der Waals surface area contributed by atoms with Gasteiger partial charge in [0.05, 0.1) is 40.8 Å². The Morgan fingerprint density at radius 2 is 1.89 bits per heavy atom. The molecule has 178 valence electrons. The van der Waals surface area contributed by atoms with Crippen molar-refractivity contribution in [1.82, 2.24) is 4.98 Å². The van der Waals surface area contributed by atoms with Gasteiger partial charge in [0.15, 0.2) is 5.13 Å². The number of fused-ring (bicyclic) bond motifs is 1. The van der Waals surface area contributed by atoms with Crippen LogP contribution in [0.15, 0.2) is 70.9 Å². The number of Topliss-reactive ketones (excluding diaryl/α,β-unsaturated/α-hetero) is 1. The standard InChI is InChI=1S/C26H22N2O6S/c1-3-32-15-11-12-16(19(14-15)33-4-2)23(29)21-22(18-9-7-13-34-18)28(25(31)24(21)30)26-27-17-8-5-6-10-20(17)35-26/h5-14,22,29H,3-4H2,1-2H3/b23-21+. The SMILES string of the molecule is CCOc1ccc(/C(O)=C2\C(=O)C(=O)N(c3nc4ccccc4s3)C2c2ccco2)c(OCC)c1. The maximum Gasteiger partial charge on any atom is 0.302 e. The van der Waals surface area contributed by atoms with E-state index in [1.807, 2.05) is 38.1 Å². The van der Waals surface area contributed by atoms with Crippen molar-refractivity contribution in [3.63, 3.8) is 0 Å². The molecular formula is C26H22N2O6S. The van der Waals surface area contributed by atoms with E-state index in [0.717, 1.165) is 4.70 Å². The van der Waals surface area contributed by atoms with Crippen LogP contribution in [0.1, 0.15) is 31.2 Å². The molecule has 1 saturated heterocycles. The van der Waals surface area contributed by atoms with Gasteiger partial charge in [0.25, 0.3) is 5.78 Å². The van der Waals surface area contributed by atoms with Crippen LogP contribution in [0.5, 0.6) is 11.5 Å². The second kappa shape index (κ2) is 9.27. The number of carbonyl (C=O) groups is 2. The zero-order valence-corrected chi connectivity index (χ0v) is 19.9. The first-order valence-corrected chi connectivity index (χ1v) is 11.9. The van der Waals surface area contributed by atoms with E-state index in [4.69, 9.17) is 13.9 Å². The van der Waals surface area contributed by atoms with E-state index >= 15 is 0 Å². The number of hydrogen-bond acceptors (Lipinski definition) is 8. The molecule has 3 heterocycles. The number of anilines is 1. The Morgan fingerprint density at radius 3 is 2.60 bits per heavy atom. The molecule has 1 unspecified atom stereocenters. The number of hydrogen-bond donors (Lipinski definition) is 1. The summed E-state index contributed by atoms with van der Waals surface area (Å²) >= 11 is 1.28. The molecule has 0 spiro atoms. The van der Waals surface area contributed by atoms with Crippen LogP contribution < -0.4 is 14.4 Å². The molecule has 2 aromatic carbocycles. The highest BCUT2D eigenvalue weighted by atomic mass is 32.1. The number of benzene rings is 2. The third-order valence-corrected chi connectivity index (χ3v) is 6.60. The Bertz CT molecular complexity index is 1410. The molecule has 5 rings (SSSR count). The van der Waals surface area contributed by atoms with Crippen LogP contribution in [0.3, 0.4) is 0 Å². The lowest BCUT2D eigenvalue weighted by molar-refractivity contribution is -0.132. The molecule has 1 aliphatic heterocycles. The summed E-state index contributed by atoms with van der Waals surface area (Å²) < 4.78 is 17.8. The first-order valence-electron chi connectivity index (χ1n) is 11.1. The molecule has 2 aromatic heterocycles. The van der Waals surface area contributed by atoms with Gasteiger partial charge in [0.2, 0.25) is 0 Å². The lowest BCUT2D eigenvalue weighted by atomic mass is 9.98. The maximum atomic E-state index is 13.3. The Hall–Kier alpha value is -4.11. The highest BCUT2D eigenvalue weighted by molar-refractivity contribution is 7.22. The number of nitrogens with zero attached hydrogens (tertiary/aromatic N) is 2. The summed E-state index contributed by atoms with van der Waals surface area (Å²) in [5, 5.41) is 11.7. The molecule has 1 fully saturated rings. The molecule has 8 nitrogen and oxygen atoms in total. The average Bonchev–Trinajstić information content (AvgIpc) is 3.58. The Kier molecular flexibility index (Phi) is 6.00.